The van der Waals surface area contributed by atoms with Crippen LogP contribution in [-0.4, -0.2) is 43.3 Å². The van der Waals surface area contributed by atoms with Gasteiger partial charge in [0, 0.05) is 13.0 Å². The smallest absolute Gasteiger partial charge is 0.472 e. The Morgan fingerprint density at radius 3 is 1.51 bits per heavy atom. The van der Waals surface area contributed by atoms with Crippen LogP contribution in [0, 0.1) is 0 Å². The van der Waals surface area contributed by atoms with Crippen molar-refractivity contribution in [3.63, 3.8) is 0 Å². The molecule has 0 heterocycles. The summed E-state index contributed by atoms with van der Waals surface area (Å²) >= 11 is 0. The van der Waals surface area contributed by atoms with Crippen molar-refractivity contribution >= 4 is 13.8 Å². The zero-order chi connectivity index (χ0) is 34.5. The van der Waals surface area contributed by atoms with E-state index in [0.29, 0.717) is 6.42 Å². The maximum atomic E-state index is 12.5. The number of carbonyl (C=O) groups is 1. The van der Waals surface area contributed by atoms with Gasteiger partial charge in [0.15, 0.2) is 6.10 Å². The maximum absolute atomic E-state index is 12.5. The lowest BCUT2D eigenvalue weighted by atomic mass is 10.0. The van der Waals surface area contributed by atoms with Crippen molar-refractivity contribution in [2.45, 2.75) is 200 Å². The van der Waals surface area contributed by atoms with E-state index in [1.54, 1.807) is 6.26 Å². The van der Waals surface area contributed by atoms with Gasteiger partial charge in [0.25, 0.3) is 0 Å². The third-order valence-corrected chi connectivity index (χ3v) is 9.51. The molecule has 0 aromatic carbocycles. The highest BCUT2D eigenvalue weighted by Gasteiger charge is 2.25. The number of esters is 1. The monoisotopic (exact) mass is 690 g/mol. The Morgan fingerprint density at radius 1 is 0.638 bits per heavy atom. The fourth-order valence-electron chi connectivity index (χ4n) is 5.61. The Kier molecular flexibility index (Phi) is 35.7. The highest BCUT2D eigenvalue weighted by Crippen LogP contribution is 2.43. The Balaban J connectivity index is 4.09. The fraction of sp³-hybridized carbons (Fsp3) is 0.921. The third kappa shape index (κ3) is 36.2. The van der Waals surface area contributed by atoms with Gasteiger partial charge in [-0.2, -0.15) is 0 Å². The Hall–Kier alpha value is -0.920. The average molecular weight is 690 g/mol. The van der Waals surface area contributed by atoms with E-state index >= 15 is 0 Å². The molecule has 0 spiro atoms. The summed E-state index contributed by atoms with van der Waals surface area (Å²) in [6.07, 6.45) is 37.4. The van der Waals surface area contributed by atoms with Crippen molar-refractivity contribution in [1.29, 1.82) is 0 Å². The number of hydrogen-bond donors (Lipinski definition) is 2. The number of rotatable bonds is 38. The molecule has 0 saturated carbocycles. The predicted molar refractivity (Wildman–Crippen MR) is 196 cm³/mol. The predicted octanol–water partition coefficient (Wildman–Crippen LogP) is 11.5. The van der Waals surface area contributed by atoms with Crippen LogP contribution in [0.1, 0.15) is 194 Å². The van der Waals surface area contributed by atoms with Crippen molar-refractivity contribution in [3.8, 4) is 0 Å². The number of allylic oxidation sites excluding steroid dienone is 1. The molecule has 0 bridgehead atoms. The summed E-state index contributed by atoms with van der Waals surface area (Å²) in [5, 5.41) is 0. The molecule has 47 heavy (non-hydrogen) atoms. The summed E-state index contributed by atoms with van der Waals surface area (Å²) in [4.78, 5) is 22.3. The van der Waals surface area contributed by atoms with E-state index in [1.807, 2.05) is 6.08 Å². The summed E-state index contributed by atoms with van der Waals surface area (Å²) in [6, 6.07) is 0. The average Bonchev–Trinajstić information content (AvgIpc) is 3.06. The van der Waals surface area contributed by atoms with Crippen LogP contribution in [0.4, 0.5) is 0 Å². The fourth-order valence-corrected chi connectivity index (χ4v) is 6.37. The second-order valence-electron chi connectivity index (χ2n) is 13.2. The number of phosphoric ester groups is 1. The molecule has 0 aliphatic rings. The van der Waals surface area contributed by atoms with E-state index in [1.165, 1.54) is 141 Å². The van der Waals surface area contributed by atoms with Crippen LogP contribution >= 0.6 is 7.82 Å². The van der Waals surface area contributed by atoms with Crippen molar-refractivity contribution < 1.29 is 32.8 Å². The molecule has 0 aromatic heterocycles. The van der Waals surface area contributed by atoms with Crippen molar-refractivity contribution in [2.24, 2.45) is 5.73 Å². The number of unbranched alkanes of at least 4 members (excludes halogenated alkanes) is 25. The highest BCUT2D eigenvalue weighted by molar-refractivity contribution is 7.47. The number of ether oxygens (including phenoxy) is 2. The molecule has 0 saturated heterocycles. The lowest BCUT2D eigenvalue weighted by molar-refractivity contribution is -0.153. The van der Waals surface area contributed by atoms with Crippen LogP contribution in [-0.2, 0) is 27.9 Å². The van der Waals surface area contributed by atoms with Gasteiger partial charge in [0.05, 0.1) is 19.5 Å². The lowest BCUT2D eigenvalue weighted by Gasteiger charge is -2.19. The summed E-state index contributed by atoms with van der Waals surface area (Å²) in [5.41, 5.74) is 5.35. The molecule has 9 heteroatoms. The molecule has 2 unspecified atom stereocenters. The Labute approximate surface area is 290 Å². The first kappa shape index (κ1) is 46.1. The first-order chi connectivity index (χ1) is 22.9. The van der Waals surface area contributed by atoms with Gasteiger partial charge in [-0.25, -0.2) is 4.57 Å². The van der Waals surface area contributed by atoms with Gasteiger partial charge in [-0.15, -0.1) is 0 Å². The molecule has 2 atom stereocenters. The van der Waals surface area contributed by atoms with Gasteiger partial charge in [-0.1, -0.05) is 168 Å². The largest absolute Gasteiger partial charge is 0.498 e. The quantitative estimate of drug-likeness (QED) is 0.0285. The van der Waals surface area contributed by atoms with Gasteiger partial charge >= 0.3 is 13.8 Å². The van der Waals surface area contributed by atoms with E-state index < -0.39 is 13.9 Å². The summed E-state index contributed by atoms with van der Waals surface area (Å²) in [5.74, 6) is -0.351. The molecule has 3 N–H and O–H groups in total. The molecule has 0 fully saturated rings. The molecule has 280 valence electrons. The topological polar surface area (TPSA) is 117 Å². The molecule has 0 rings (SSSR count). The minimum absolute atomic E-state index is 0.0380. The first-order valence-corrected chi connectivity index (χ1v) is 21.2. The zero-order valence-electron chi connectivity index (χ0n) is 30.8. The van der Waals surface area contributed by atoms with Gasteiger partial charge < -0.3 is 20.1 Å². The number of phosphoric acid groups is 1. The number of hydrogen-bond acceptors (Lipinski definition) is 7. The lowest BCUT2D eigenvalue weighted by Crippen LogP contribution is -2.27. The van der Waals surface area contributed by atoms with Gasteiger partial charge in [-0.05, 0) is 25.3 Å². The van der Waals surface area contributed by atoms with Crippen LogP contribution in [0.5, 0.6) is 0 Å². The van der Waals surface area contributed by atoms with Crippen molar-refractivity contribution in [3.05, 3.63) is 12.3 Å². The molecule has 0 aliphatic heterocycles. The molecule has 0 aromatic rings. The van der Waals surface area contributed by atoms with E-state index in [2.05, 4.69) is 13.8 Å². The normalized spacial score (nSPS) is 13.6. The second kappa shape index (κ2) is 36.4. The molecule has 0 aliphatic carbocycles. The van der Waals surface area contributed by atoms with Crippen molar-refractivity contribution in [1.82, 2.24) is 0 Å². The number of carbonyl (C=O) groups excluding carboxylic acids is 1. The Morgan fingerprint density at radius 2 is 1.06 bits per heavy atom. The minimum atomic E-state index is -4.28. The van der Waals surface area contributed by atoms with E-state index in [0.717, 1.165) is 32.1 Å². The molecular formula is C38H76NO7P. The van der Waals surface area contributed by atoms with Crippen LogP contribution < -0.4 is 5.73 Å². The third-order valence-electron chi connectivity index (χ3n) is 8.53. The van der Waals surface area contributed by atoms with E-state index in [-0.39, 0.29) is 32.3 Å². The molecule has 0 radical (unpaired) electrons. The summed E-state index contributed by atoms with van der Waals surface area (Å²) < 4.78 is 33.1. The van der Waals surface area contributed by atoms with Gasteiger partial charge in [0.1, 0.15) is 6.61 Å². The van der Waals surface area contributed by atoms with Crippen LogP contribution in [0.2, 0.25) is 0 Å². The molecule has 0 amide bonds. The Bertz CT molecular complexity index is 737. The molecule has 8 nitrogen and oxygen atoms in total. The zero-order valence-corrected chi connectivity index (χ0v) is 31.7. The molecular weight excluding hydrogens is 613 g/mol. The first-order valence-electron chi connectivity index (χ1n) is 19.7. The second-order valence-corrected chi connectivity index (χ2v) is 14.7. The highest BCUT2D eigenvalue weighted by atomic mass is 31.2. The van der Waals surface area contributed by atoms with Crippen LogP contribution in [0.3, 0.4) is 0 Å². The minimum Gasteiger partial charge on any atom is -0.498 e. The number of nitrogens with two attached hydrogens (primary N) is 1. The van der Waals surface area contributed by atoms with Gasteiger partial charge in [-0.3, -0.25) is 13.8 Å². The summed E-state index contributed by atoms with van der Waals surface area (Å²) in [6.45, 7) is 4.25. The maximum Gasteiger partial charge on any atom is 0.472 e. The van der Waals surface area contributed by atoms with Crippen LogP contribution in [0.25, 0.3) is 0 Å². The SMILES string of the molecule is CCCCCCCCCCCCCCCCC=COCC(COP(=O)(O)OCCN)OC(=O)CCCCCCCCCCCCCC. The summed E-state index contributed by atoms with van der Waals surface area (Å²) in [7, 11) is -4.28. The van der Waals surface area contributed by atoms with E-state index in [9.17, 15) is 14.3 Å². The van der Waals surface area contributed by atoms with E-state index in [4.69, 9.17) is 24.3 Å². The standard InChI is InChI=1S/C38H76NO7P/c1-3-5-7-9-11-13-15-17-18-19-20-22-24-26-28-30-33-43-35-37(36-45-47(41,42)44-34-32-39)46-38(40)31-29-27-25-23-21-16-14-12-10-8-6-4-2/h30,33,37H,3-29,31-32,34-36,39H2,1-2H3,(H,41,42). The van der Waals surface area contributed by atoms with Crippen molar-refractivity contribution in [2.75, 3.05) is 26.4 Å². The van der Waals surface area contributed by atoms with Crippen LogP contribution in [0.15, 0.2) is 12.3 Å². The van der Waals surface area contributed by atoms with Gasteiger partial charge in [0.2, 0.25) is 0 Å².